The average molecular weight is 270 g/mol. The van der Waals surface area contributed by atoms with E-state index in [4.69, 9.17) is 4.74 Å². The maximum Gasteiger partial charge on any atom is 0.305 e. The van der Waals surface area contributed by atoms with Crippen molar-refractivity contribution in [2.45, 2.75) is 39.5 Å². The number of nitrogens with one attached hydrogen (secondary N) is 1. The second-order valence-electron chi connectivity index (χ2n) is 5.24. The summed E-state index contributed by atoms with van der Waals surface area (Å²) >= 11 is 0. The van der Waals surface area contributed by atoms with Crippen LogP contribution in [0.2, 0.25) is 0 Å². The summed E-state index contributed by atoms with van der Waals surface area (Å²) in [5.74, 6) is 0.546. The number of esters is 1. The summed E-state index contributed by atoms with van der Waals surface area (Å²) < 4.78 is 4.82. The van der Waals surface area contributed by atoms with Gasteiger partial charge in [-0.15, -0.1) is 0 Å². The minimum atomic E-state index is -0.193. The summed E-state index contributed by atoms with van der Waals surface area (Å²) in [5.41, 5.74) is 0. The van der Waals surface area contributed by atoms with Crippen LogP contribution >= 0.6 is 0 Å². The number of ether oxygens (including phenoxy) is 1. The van der Waals surface area contributed by atoms with Gasteiger partial charge >= 0.3 is 5.97 Å². The molecule has 0 spiro atoms. The average Bonchev–Trinajstić information content (AvgIpc) is 2.35. The number of hydrogen-bond donors (Lipinski definition) is 1. The molecule has 110 valence electrons. The fourth-order valence-electron chi connectivity index (χ4n) is 2.38. The Labute approximate surface area is 115 Å². The molecular formula is C14H26N2O3. The lowest BCUT2D eigenvalue weighted by molar-refractivity contribution is -0.143. The van der Waals surface area contributed by atoms with Crippen molar-refractivity contribution in [2.24, 2.45) is 5.92 Å². The number of nitrogens with zero attached hydrogens (tertiary/aromatic N) is 1. The highest BCUT2D eigenvalue weighted by Crippen LogP contribution is 2.14. The Morgan fingerprint density at radius 2 is 2.21 bits per heavy atom. The van der Waals surface area contributed by atoms with Crippen LogP contribution in [0, 0.1) is 5.92 Å². The van der Waals surface area contributed by atoms with Crippen LogP contribution in [-0.2, 0) is 14.3 Å². The molecule has 1 N–H and O–H groups in total. The van der Waals surface area contributed by atoms with E-state index in [1.54, 1.807) is 6.92 Å². The largest absolute Gasteiger partial charge is 0.466 e. The topological polar surface area (TPSA) is 58.6 Å². The van der Waals surface area contributed by atoms with Crippen LogP contribution < -0.4 is 5.32 Å². The Hall–Kier alpha value is -1.10. The zero-order valence-corrected chi connectivity index (χ0v) is 12.1. The SMILES string of the molecule is CCOC(=O)CCCNC(=O)CN1CCCC(C)C1. The lowest BCUT2D eigenvalue weighted by atomic mass is 10.0. The van der Waals surface area contributed by atoms with Crippen molar-refractivity contribution in [3.63, 3.8) is 0 Å². The lowest BCUT2D eigenvalue weighted by Gasteiger charge is -2.30. The molecule has 0 bridgehead atoms. The molecule has 1 atom stereocenters. The minimum Gasteiger partial charge on any atom is -0.466 e. The molecule has 1 aliphatic heterocycles. The first kappa shape index (κ1) is 16.0. The Morgan fingerprint density at radius 3 is 2.89 bits per heavy atom. The Balaban J connectivity index is 2.06. The van der Waals surface area contributed by atoms with E-state index in [0.717, 1.165) is 13.1 Å². The van der Waals surface area contributed by atoms with Crippen molar-refractivity contribution < 1.29 is 14.3 Å². The van der Waals surface area contributed by atoms with Crippen LogP contribution in [0.25, 0.3) is 0 Å². The zero-order valence-electron chi connectivity index (χ0n) is 12.1. The fourth-order valence-corrected chi connectivity index (χ4v) is 2.38. The van der Waals surface area contributed by atoms with E-state index in [9.17, 15) is 9.59 Å². The highest BCUT2D eigenvalue weighted by atomic mass is 16.5. The Kier molecular flexibility index (Phi) is 7.48. The highest BCUT2D eigenvalue weighted by molar-refractivity contribution is 5.78. The molecule has 1 rings (SSSR count). The summed E-state index contributed by atoms with van der Waals surface area (Å²) in [6.45, 7) is 7.47. The number of carbonyl (C=O) groups is 2. The van der Waals surface area contributed by atoms with E-state index in [1.807, 2.05) is 0 Å². The van der Waals surface area contributed by atoms with Gasteiger partial charge in [0.1, 0.15) is 0 Å². The van der Waals surface area contributed by atoms with Crippen LogP contribution in [0.4, 0.5) is 0 Å². The Morgan fingerprint density at radius 1 is 1.42 bits per heavy atom. The molecule has 5 nitrogen and oxygen atoms in total. The second-order valence-corrected chi connectivity index (χ2v) is 5.24. The van der Waals surface area contributed by atoms with E-state index in [-0.39, 0.29) is 11.9 Å². The predicted molar refractivity (Wildman–Crippen MR) is 73.7 cm³/mol. The first-order chi connectivity index (χ1) is 9.11. The third-order valence-electron chi connectivity index (χ3n) is 3.29. The van der Waals surface area contributed by atoms with E-state index in [0.29, 0.717) is 38.5 Å². The molecule has 0 saturated carbocycles. The molecule has 1 unspecified atom stereocenters. The van der Waals surface area contributed by atoms with E-state index >= 15 is 0 Å². The van der Waals surface area contributed by atoms with Gasteiger partial charge in [0.05, 0.1) is 13.2 Å². The summed E-state index contributed by atoms with van der Waals surface area (Å²) in [7, 11) is 0. The van der Waals surface area contributed by atoms with Gasteiger partial charge in [0.15, 0.2) is 0 Å². The molecule has 1 amide bonds. The summed E-state index contributed by atoms with van der Waals surface area (Å²) in [4.78, 5) is 25.0. The first-order valence-electron chi connectivity index (χ1n) is 7.26. The molecule has 1 saturated heterocycles. The van der Waals surface area contributed by atoms with Crippen molar-refractivity contribution in [2.75, 3.05) is 32.8 Å². The second kappa shape index (κ2) is 8.91. The van der Waals surface area contributed by atoms with Crippen LogP contribution in [0.3, 0.4) is 0 Å². The molecule has 5 heteroatoms. The molecule has 19 heavy (non-hydrogen) atoms. The lowest BCUT2D eigenvalue weighted by Crippen LogP contribution is -2.42. The maximum atomic E-state index is 11.7. The van der Waals surface area contributed by atoms with Crippen molar-refractivity contribution in [1.29, 1.82) is 0 Å². The molecule has 0 aromatic heterocycles. The maximum absolute atomic E-state index is 11.7. The van der Waals surface area contributed by atoms with Crippen molar-refractivity contribution in [1.82, 2.24) is 10.2 Å². The van der Waals surface area contributed by atoms with E-state index in [2.05, 4.69) is 17.1 Å². The van der Waals surface area contributed by atoms with Crippen molar-refractivity contribution in [3.05, 3.63) is 0 Å². The van der Waals surface area contributed by atoms with Gasteiger partial charge in [-0.2, -0.15) is 0 Å². The molecule has 1 fully saturated rings. The van der Waals surface area contributed by atoms with Gasteiger partial charge in [0.2, 0.25) is 5.91 Å². The first-order valence-corrected chi connectivity index (χ1v) is 7.26. The van der Waals surface area contributed by atoms with Gasteiger partial charge in [0.25, 0.3) is 0 Å². The van der Waals surface area contributed by atoms with Gasteiger partial charge < -0.3 is 10.1 Å². The van der Waals surface area contributed by atoms with Crippen LogP contribution in [0.15, 0.2) is 0 Å². The fraction of sp³-hybridized carbons (Fsp3) is 0.857. The number of rotatable bonds is 7. The molecule has 0 radical (unpaired) electrons. The third-order valence-corrected chi connectivity index (χ3v) is 3.29. The predicted octanol–water partition coefficient (Wildman–Crippen LogP) is 1.18. The zero-order chi connectivity index (χ0) is 14.1. The monoisotopic (exact) mass is 270 g/mol. The van der Waals surface area contributed by atoms with E-state index in [1.165, 1.54) is 12.8 Å². The standard InChI is InChI=1S/C14H26N2O3/c1-3-19-14(18)7-4-8-15-13(17)11-16-9-5-6-12(2)10-16/h12H,3-11H2,1-2H3,(H,15,17). The van der Waals surface area contributed by atoms with Crippen LogP contribution in [0.1, 0.15) is 39.5 Å². The summed E-state index contributed by atoms with van der Waals surface area (Å²) in [5, 5.41) is 2.85. The normalized spacial score (nSPS) is 20.0. The van der Waals surface area contributed by atoms with Crippen molar-refractivity contribution in [3.8, 4) is 0 Å². The molecule has 0 aliphatic carbocycles. The molecule has 1 heterocycles. The third kappa shape index (κ3) is 7.15. The number of carbonyl (C=O) groups excluding carboxylic acids is 2. The Bertz CT molecular complexity index is 294. The van der Waals surface area contributed by atoms with Gasteiger partial charge in [-0.3, -0.25) is 14.5 Å². The van der Waals surface area contributed by atoms with E-state index < -0.39 is 0 Å². The number of likely N-dealkylation sites (tertiary alicyclic amines) is 1. The van der Waals surface area contributed by atoms with Gasteiger partial charge in [-0.25, -0.2) is 0 Å². The highest BCUT2D eigenvalue weighted by Gasteiger charge is 2.18. The quantitative estimate of drug-likeness (QED) is 0.557. The number of hydrogen-bond acceptors (Lipinski definition) is 4. The molecular weight excluding hydrogens is 244 g/mol. The summed E-state index contributed by atoms with van der Waals surface area (Å²) in [6.07, 6.45) is 3.45. The van der Waals surface area contributed by atoms with Gasteiger partial charge in [-0.1, -0.05) is 6.92 Å². The number of amides is 1. The van der Waals surface area contributed by atoms with Crippen LogP contribution in [-0.4, -0.2) is 49.6 Å². The van der Waals surface area contributed by atoms with Gasteiger partial charge in [0, 0.05) is 19.5 Å². The van der Waals surface area contributed by atoms with Crippen LogP contribution in [0.5, 0.6) is 0 Å². The minimum absolute atomic E-state index is 0.0537. The van der Waals surface area contributed by atoms with Gasteiger partial charge in [-0.05, 0) is 38.6 Å². The smallest absolute Gasteiger partial charge is 0.305 e. The molecule has 1 aliphatic rings. The molecule has 0 aromatic carbocycles. The number of piperidine rings is 1. The molecule has 0 aromatic rings. The van der Waals surface area contributed by atoms with Crippen molar-refractivity contribution >= 4 is 11.9 Å². The summed E-state index contributed by atoms with van der Waals surface area (Å²) in [6, 6.07) is 0.